The zero-order valence-electron chi connectivity index (χ0n) is 24.6. The first-order chi connectivity index (χ1) is 21.2. The molecular weight excluding hydrogens is 572 g/mol. The lowest BCUT2D eigenvalue weighted by atomic mass is 9.95. The Morgan fingerprint density at radius 1 is 0.977 bits per heavy atom. The number of nitrogens with one attached hydrogen (secondary N) is 3. The molecule has 3 amide bonds. The lowest BCUT2D eigenvalue weighted by molar-refractivity contribution is -0.139. The first kappa shape index (κ1) is 31.3. The van der Waals surface area contributed by atoms with Gasteiger partial charge in [0.1, 0.15) is 11.5 Å². The maximum Gasteiger partial charge on any atom is 0.338 e. The minimum absolute atomic E-state index is 0.176. The molecule has 0 saturated carbocycles. The number of methoxy groups -OCH3 is 1. The smallest absolute Gasteiger partial charge is 0.338 e. The number of rotatable bonds is 12. The van der Waals surface area contributed by atoms with Crippen molar-refractivity contribution < 1.29 is 42.5 Å². The first-order valence-electron chi connectivity index (χ1n) is 13.7. The van der Waals surface area contributed by atoms with E-state index in [1.54, 1.807) is 75.4 Å². The molecule has 2 aromatic carbocycles. The van der Waals surface area contributed by atoms with Gasteiger partial charge in [0.2, 0.25) is 0 Å². The van der Waals surface area contributed by atoms with Gasteiger partial charge in [0.15, 0.2) is 18.1 Å². The molecule has 0 fully saturated rings. The average molecular weight is 605 g/mol. The summed E-state index contributed by atoms with van der Waals surface area (Å²) in [6.07, 6.45) is 1.34. The van der Waals surface area contributed by atoms with Crippen molar-refractivity contribution in [2.75, 3.05) is 26.9 Å². The van der Waals surface area contributed by atoms with Crippen molar-refractivity contribution >= 4 is 30.1 Å². The number of ether oxygens (including phenoxy) is 4. The van der Waals surface area contributed by atoms with Crippen molar-refractivity contribution in [3.63, 3.8) is 0 Å². The summed E-state index contributed by atoms with van der Waals surface area (Å²) in [4.78, 5) is 48.9. The van der Waals surface area contributed by atoms with E-state index in [1.807, 2.05) is 0 Å². The van der Waals surface area contributed by atoms with Crippen molar-refractivity contribution in [2.45, 2.75) is 26.8 Å². The number of hydrazone groups is 1. The number of urea groups is 1. The van der Waals surface area contributed by atoms with E-state index in [0.29, 0.717) is 35.0 Å². The summed E-state index contributed by atoms with van der Waals surface area (Å²) in [7, 11) is 1.43. The summed E-state index contributed by atoms with van der Waals surface area (Å²) in [5.41, 5.74) is 4.74. The van der Waals surface area contributed by atoms with E-state index < -0.39 is 29.9 Å². The van der Waals surface area contributed by atoms with E-state index in [0.717, 1.165) is 5.56 Å². The molecule has 13 heteroatoms. The molecule has 230 valence electrons. The molecule has 0 saturated heterocycles. The Morgan fingerprint density at radius 2 is 1.70 bits per heavy atom. The summed E-state index contributed by atoms with van der Waals surface area (Å²) in [6.45, 7) is 5.15. The van der Waals surface area contributed by atoms with Gasteiger partial charge in [0.05, 0.1) is 43.7 Å². The van der Waals surface area contributed by atoms with Crippen molar-refractivity contribution in [1.29, 1.82) is 0 Å². The molecule has 0 bridgehead atoms. The number of nitrogens with zero attached hydrogens (tertiary/aromatic N) is 1. The van der Waals surface area contributed by atoms with Crippen LogP contribution >= 0.6 is 0 Å². The molecule has 1 aromatic heterocycles. The molecule has 44 heavy (non-hydrogen) atoms. The van der Waals surface area contributed by atoms with Gasteiger partial charge >= 0.3 is 18.0 Å². The molecular formula is C31H32N4O9. The molecule has 4 rings (SSSR count). The van der Waals surface area contributed by atoms with Gasteiger partial charge in [-0.3, -0.25) is 4.79 Å². The monoisotopic (exact) mass is 604 g/mol. The van der Waals surface area contributed by atoms with E-state index >= 15 is 0 Å². The predicted octanol–water partition coefficient (Wildman–Crippen LogP) is 3.85. The molecule has 0 spiro atoms. The number of carbonyl (C=O) groups excluding carboxylic acids is 4. The van der Waals surface area contributed by atoms with Crippen LogP contribution in [0.15, 0.2) is 75.4 Å². The topological polar surface area (TPSA) is 167 Å². The van der Waals surface area contributed by atoms with Crippen LogP contribution in [-0.4, -0.2) is 57.0 Å². The third-order valence-corrected chi connectivity index (χ3v) is 6.33. The fourth-order valence-electron chi connectivity index (χ4n) is 4.31. The molecule has 0 aliphatic carbocycles. The van der Waals surface area contributed by atoms with Gasteiger partial charge in [-0.05, 0) is 62.7 Å². The number of hydrogen-bond donors (Lipinski definition) is 3. The Balaban J connectivity index is 1.35. The highest BCUT2D eigenvalue weighted by Gasteiger charge is 2.32. The second kappa shape index (κ2) is 14.5. The van der Waals surface area contributed by atoms with Crippen molar-refractivity contribution in [3.05, 3.63) is 82.8 Å². The van der Waals surface area contributed by atoms with E-state index in [4.69, 9.17) is 23.4 Å². The Hall–Kier alpha value is -5.59. The molecule has 0 unspecified atom stereocenters. The Bertz CT molecular complexity index is 1590. The molecule has 1 atom stereocenters. The lowest BCUT2D eigenvalue weighted by Crippen LogP contribution is -2.45. The number of furan rings is 1. The van der Waals surface area contributed by atoms with Crippen LogP contribution in [0.25, 0.3) is 11.3 Å². The van der Waals surface area contributed by atoms with Crippen LogP contribution in [0.2, 0.25) is 0 Å². The third-order valence-electron chi connectivity index (χ3n) is 6.33. The predicted molar refractivity (Wildman–Crippen MR) is 158 cm³/mol. The minimum atomic E-state index is -0.783. The number of esters is 2. The number of benzene rings is 2. The summed E-state index contributed by atoms with van der Waals surface area (Å²) < 4.78 is 26.9. The van der Waals surface area contributed by atoms with E-state index in [1.165, 1.54) is 13.3 Å². The van der Waals surface area contributed by atoms with E-state index in [-0.39, 0.29) is 30.3 Å². The fraction of sp³-hybridized carbons (Fsp3) is 0.258. The molecule has 3 aromatic rings. The molecule has 3 N–H and O–H groups in total. The van der Waals surface area contributed by atoms with Crippen LogP contribution < -0.4 is 25.5 Å². The van der Waals surface area contributed by atoms with Gasteiger partial charge < -0.3 is 34.0 Å². The molecule has 2 heterocycles. The average Bonchev–Trinajstić information content (AvgIpc) is 3.48. The second-order valence-corrected chi connectivity index (χ2v) is 9.28. The summed E-state index contributed by atoms with van der Waals surface area (Å²) in [5, 5.41) is 9.21. The zero-order chi connectivity index (χ0) is 31.6. The lowest BCUT2D eigenvalue weighted by Gasteiger charge is -2.28. The fourth-order valence-corrected chi connectivity index (χ4v) is 4.31. The van der Waals surface area contributed by atoms with Crippen LogP contribution in [0, 0.1) is 0 Å². The number of allylic oxidation sites excluding steroid dienone is 1. The highest BCUT2D eigenvalue weighted by atomic mass is 16.5. The standard InChI is InChI=1S/C31H32N4O9/c1-5-41-29(37)20-9-7-19(8-10-20)23-14-12-22(44-23)16-32-35-26(36)17-43-24-13-11-21(15-25(24)40-4)28-27(30(38)42-6-2)18(3)33-31(39)34-28/h7-16,28H,5-6,17H2,1-4H3,(H,35,36)(H2,33,34,39)/b32-16-/t28-/m0/s1. The number of carbonyl (C=O) groups is 4. The number of amides is 3. The molecule has 1 aliphatic heterocycles. The van der Waals surface area contributed by atoms with Crippen LogP contribution in [0.5, 0.6) is 11.5 Å². The maximum atomic E-state index is 12.6. The maximum absolute atomic E-state index is 12.6. The van der Waals surface area contributed by atoms with Crippen LogP contribution in [0.3, 0.4) is 0 Å². The van der Waals surface area contributed by atoms with Gasteiger partial charge in [-0.1, -0.05) is 18.2 Å². The second-order valence-electron chi connectivity index (χ2n) is 9.28. The number of hydrogen-bond acceptors (Lipinski definition) is 10. The highest BCUT2D eigenvalue weighted by molar-refractivity contribution is 5.95. The Morgan fingerprint density at radius 3 is 2.41 bits per heavy atom. The van der Waals surface area contributed by atoms with Crippen LogP contribution in [0.4, 0.5) is 4.79 Å². The normalized spacial score (nSPS) is 14.5. The van der Waals surface area contributed by atoms with Gasteiger partial charge in [-0.15, -0.1) is 0 Å². The minimum Gasteiger partial charge on any atom is -0.493 e. The Kier molecular flexibility index (Phi) is 10.4. The third kappa shape index (κ3) is 7.62. The Labute approximate surface area is 253 Å². The largest absolute Gasteiger partial charge is 0.493 e. The SMILES string of the molecule is CCOC(=O)C1=C(C)NC(=O)N[C@H]1c1ccc(OCC(=O)N/N=C\c2ccc(-c3ccc(C(=O)OCC)cc3)o2)c(OC)c1. The summed E-state index contributed by atoms with van der Waals surface area (Å²) in [6, 6.07) is 13.8. The molecule has 0 radical (unpaired) electrons. The van der Waals surface area contributed by atoms with Crippen molar-refractivity contribution in [2.24, 2.45) is 5.10 Å². The van der Waals surface area contributed by atoms with Crippen LogP contribution in [0.1, 0.15) is 48.5 Å². The van der Waals surface area contributed by atoms with Crippen LogP contribution in [-0.2, 0) is 19.1 Å². The highest BCUT2D eigenvalue weighted by Crippen LogP contribution is 2.34. The van der Waals surface area contributed by atoms with Gasteiger partial charge in [0, 0.05) is 11.3 Å². The van der Waals surface area contributed by atoms with Gasteiger partial charge in [-0.2, -0.15) is 5.10 Å². The quantitative estimate of drug-likeness (QED) is 0.158. The first-order valence-corrected chi connectivity index (χ1v) is 13.7. The molecule has 1 aliphatic rings. The zero-order valence-corrected chi connectivity index (χ0v) is 24.6. The van der Waals surface area contributed by atoms with Gasteiger partial charge in [-0.25, -0.2) is 19.8 Å². The van der Waals surface area contributed by atoms with Crippen molar-refractivity contribution in [3.8, 4) is 22.8 Å². The van der Waals surface area contributed by atoms with Gasteiger partial charge in [0.25, 0.3) is 5.91 Å². The summed E-state index contributed by atoms with van der Waals surface area (Å²) in [5.74, 6) is -0.00659. The molecule has 13 nitrogen and oxygen atoms in total. The van der Waals surface area contributed by atoms with Crippen molar-refractivity contribution in [1.82, 2.24) is 16.1 Å². The van der Waals surface area contributed by atoms with E-state index in [9.17, 15) is 19.2 Å². The van der Waals surface area contributed by atoms with E-state index in [2.05, 4.69) is 21.2 Å². The summed E-state index contributed by atoms with van der Waals surface area (Å²) >= 11 is 0.